The number of aliphatic hydroxyl groups excluding tert-OH is 1. The molecular formula is C11H21NO4. The molecule has 0 aliphatic heterocycles. The number of methoxy groups -OCH3 is 1. The Morgan fingerprint density at radius 1 is 1.56 bits per heavy atom. The Hall–Kier alpha value is -0.650. The third-order valence-electron chi connectivity index (χ3n) is 3.04. The molecule has 94 valence electrons. The Kier molecular flexibility index (Phi) is 5.73. The minimum Gasteiger partial charge on any atom is -0.480 e. The Morgan fingerprint density at radius 3 is 2.88 bits per heavy atom. The molecule has 3 unspecified atom stereocenters. The molecule has 1 fully saturated rings. The van der Waals surface area contributed by atoms with Crippen molar-refractivity contribution in [3.05, 3.63) is 0 Å². The van der Waals surface area contributed by atoms with Gasteiger partial charge in [-0.1, -0.05) is 6.42 Å². The summed E-state index contributed by atoms with van der Waals surface area (Å²) in [4.78, 5) is 10.8. The molecule has 0 spiro atoms. The fraction of sp³-hybridized carbons (Fsp3) is 0.909. The number of hydrogen-bond acceptors (Lipinski definition) is 4. The highest BCUT2D eigenvalue weighted by Crippen LogP contribution is 2.23. The van der Waals surface area contributed by atoms with Crippen LogP contribution in [0.1, 0.15) is 25.7 Å². The van der Waals surface area contributed by atoms with E-state index in [2.05, 4.69) is 5.32 Å². The second-order valence-corrected chi connectivity index (χ2v) is 4.44. The van der Waals surface area contributed by atoms with Gasteiger partial charge in [0.2, 0.25) is 0 Å². The van der Waals surface area contributed by atoms with Crippen molar-refractivity contribution in [3.63, 3.8) is 0 Å². The summed E-state index contributed by atoms with van der Waals surface area (Å²) < 4.78 is 4.83. The molecule has 0 aromatic rings. The van der Waals surface area contributed by atoms with Gasteiger partial charge >= 0.3 is 5.97 Å². The zero-order valence-electron chi connectivity index (χ0n) is 9.69. The number of aliphatic carboxylic acids is 1. The summed E-state index contributed by atoms with van der Waals surface area (Å²) in [5, 5.41) is 21.4. The van der Waals surface area contributed by atoms with Gasteiger partial charge in [-0.15, -0.1) is 0 Å². The van der Waals surface area contributed by atoms with Crippen molar-refractivity contribution in [3.8, 4) is 0 Å². The molecule has 0 saturated heterocycles. The number of ether oxygens (including phenoxy) is 1. The number of rotatable bonds is 6. The van der Waals surface area contributed by atoms with Crippen LogP contribution in [0.2, 0.25) is 0 Å². The summed E-state index contributed by atoms with van der Waals surface area (Å²) in [5.74, 6) is -0.513. The summed E-state index contributed by atoms with van der Waals surface area (Å²) in [7, 11) is 1.49. The molecule has 3 N–H and O–H groups in total. The Balaban J connectivity index is 2.28. The van der Waals surface area contributed by atoms with Crippen molar-refractivity contribution in [1.29, 1.82) is 0 Å². The van der Waals surface area contributed by atoms with E-state index in [0.717, 1.165) is 25.7 Å². The quantitative estimate of drug-likeness (QED) is 0.609. The van der Waals surface area contributed by atoms with Gasteiger partial charge in [-0.2, -0.15) is 0 Å². The van der Waals surface area contributed by atoms with Crippen molar-refractivity contribution < 1.29 is 19.7 Å². The van der Waals surface area contributed by atoms with Crippen LogP contribution in [0.5, 0.6) is 0 Å². The lowest BCUT2D eigenvalue weighted by Crippen LogP contribution is -2.43. The van der Waals surface area contributed by atoms with Gasteiger partial charge in [-0.3, -0.25) is 4.79 Å². The first-order valence-corrected chi connectivity index (χ1v) is 5.76. The van der Waals surface area contributed by atoms with Crippen LogP contribution < -0.4 is 5.32 Å². The van der Waals surface area contributed by atoms with Crippen molar-refractivity contribution in [2.45, 2.75) is 37.8 Å². The van der Waals surface area contributed by atoms with Gasteiger partial charge in [0, 0.05) is 7.11 Å². The van der Waals surface area contributed by atoms with Crippen molar-refractivity contribution in [2.75, 3.05) is 20.3 Å². The summed E-state index contributed by atoms with van der Waals surface area (Å²) in [6, 6.07) is -0.649. The predicted octanol–water partition coefficient (Wildman–Crippen LogP) is 0.227. The van der Waals surface area contributed by atoms with Gasteiger partial charge in [0.05, 0.1) is 12.7 Å². The highest BCUT2D eigenvalue weighted by atomic mass is 16.5. The van der Waals surface area contributed by atoms with Crippen molar-refractivity contribution in [2.24, 2.45) is 5.92 Å². The first-order valence-electron chi connectivity index (χ1n) is 5.76. The van der Waals surface area contributed by atoms with Crippen LogP contribution in [0.25, 0.3) is 0 Å². The Labute approximate surface area is 95.8 Å². The third kappa shape index (κ3) is 4.47. The average molecular weight is 231 g/mol. The molecule has 0 heterocycles. The van der Waals surface area contributed by atoms with Gasteiger partial charge in [0.25, 0.3) is 0 Å². The van der Waals surface area contributed by atoms with Crippen LogP contribution in [-0.2, 0) is 9.53 Å². The van der Waals surface area contributed by atoms with Crippen LogP contribution in [-0.4, -0.2) is 48.6 Å². The number of carbonyl (C=O) groups is 1. The van der Waals surface area contributed by atoms with Gasteiger partial charge in [0.1, 0.15) is 6.04 Å². The van der Waals surface area contributed by atoms with E-state index in [1.807, 2.05) is 0 Å². The molecule has 1 saturated carbocycles. The maximum atomic E-state index is 10.8. The van der Waals surface area contributed by atoms with Gasteiger partial charge in [-0.25, -0.2) is 0 Å². The Bertz CT molecular complexity index is 222. The van der Waals surface area contributed by atoms with Gasteiger partial charge in [0.15, 0.2) is 0 Å². The molecule has 0 radical (unpaired) electrons. The van der Waals surface area contributed by atoms with E-state index < -0.39 is 12.0 Å². The second kappa shape index (κ2) is 6.83. The fourth-order valence-corrected chi connectivity index (χ4v) is 2.14. The fourth-order valence-electron chi connectivity index (χ4n) is 2.14. The lowest BCUT2D eigenvalue weighted by Gasteiger charge is -2.27. The molecular weight excluding hydrogens is 210 g/mol. The summed E-state index contributed by atoms with van der Waals surface area (Å²) >= 11 is 0. The van der Waals surface area contributed by atoms with E-state index in [9.17, 15) is 9.90 Å². The molecule has 3 atom stereocenters. The van der Waals surface area contributed by atoms with E-state index in [4.69, 9.17) is 9.84 Å². The largest absolute Gasteiger partial charge is 0.480 e. The zero-order chi connectivity index (χ0) is 12.0. The van der Waals surface area contributed by atoms with E-state index in [0.29, 0.717) is 12.5 Å². The first-order chi connectivity index (χ1) is 7.63. The van der Waals surface area contributed by atoms with Gasteiger partial charge < -0.3 is 20.3 Å². The molecule has 1 aliphatic rings. The Morgan fingerprint density at radius 2 is 2.31 bits per heavy atom. The third-order valence-corrected chi connectivity index (χ3v) is 3.04. The molecule has 0 aromatic heterocycles. The molecule has 0 aromatic carbocycles. The lowest BCUT2D eigenvalue weighted by molar-refractivity contribution is -0.140. The first kappa shape index (κ1) is 13.4. The van der Waals surface area contributed by atoms with Crippen LogP contribution in [0.15, 0.2) is 0 Å². The maximum absolute atomic E-state index is 10.8. The lowest BCUT2D eigenvalue weighted by atomic mass is 9.87. The van der Waals surface area contributed by atoms with Crippen LogP contribution in [0.4, 0.5) is 0 Å². The highest BCUT2D eigenvalue weighted by Gasteiger charge is 2.23. The monoisotopic (exact) mass is 231 g/mol. The molecule has 1 aliphatic carbocycles. The average Bonchev–Trinajstić information content (AvgIpc) is 2.24. The van der Waals surface area contributed by atoms with E-state index in [-0.39, 0.29) is 12.7 Å². The molecule has 5 heteroatoms. The normalized spacial score (nSPS) is 27.6. The number of hydrogen-bond donors (Lipinski definition) is 3. The van der Waals surface area contributed by atoms with Crippen LogP contribution in [0.3, 0.4) is 0 Å². The highest BCUT2D eigenvalue weighted by molar-refractivity contribution is 5.73. The SMILES string of the molecule is COCC(NCC1CCCC(O)C1)C(=O)O. The van der Waals surface area contributed by atoms with E-state index in [1.165, 1.54) is 7.11 Å². The van der Waals surface area contributed by atoms with E-state index in [1.54, 1.807) is 0 Å². The molecule has 0 amide bonds. The van der Waals surface area contributed by atoms with Crippen molar-refractivity contribution in [1.82, 2.24) is 5.32 Å². The van der Waals surface area contributed by atoms with Crippen molar-refractivity contribution >= 4 is 5.97 Å². The molecule has 5 nitrogen and oxygen atoms in total. The predicted molar refractivity (Wildman–Crippen MR) is 59.3 cm³/mol. The number of nitrogens with one attached hydrogen (secondary N) is 1. The number of carboxylic acids is 1. The summed E-state index contributed by atoms with van der Waals surface area (Å²) in [6.45, 7) is 0.808. The maximum Gasteiger partial charge on any atom is 0.323 e. The number of aliphatic hydroxyl groups is 1. The smallest absolute Gasteiger partial charge is 0.323 e. The minimum absolute atomic E-state index is 0.171. The summed E-state index contributed by atoms with van der Waals surface area (Å²) in [6.07, 6.45) is 3.51. The molecule has 0 bridgehead atoms. The molecule has 1 rings (SSSR count). The zero-order valence-corrected chi connectivity index (χ0v) is 9.69. The van der Waals surface area contributed by atoms with E-state index >= 15 is 0 Å². The van der Waals surface area contributed by atoms with Crippen LogP contribution >= 0.6 is 0 Å². The van der Waals surface area contributed by atoms with Crippen LogP contribution in [0, 0.1) is 5.92 Å². The molecule has 16 heavy (non-hydrogen) atoms. The topological polar surface area (TPSA) is 78.8 Å². The standard InChI is InChI=1S/C11H21NO4/c1-16-7-10(11(14)15)12-6-8-3-2-4-9(13)5-8/h8-10,12-13H,2-7H2,1H3,(H,14,15). The second-order valence-electron chi connectivity index (χ2n) is 4.44. The minimum atomic E-state index is -0.891. The summed E-state index contributed by atoms with van der Waals surface area (Å²) in [5.41, 5.74) is 0. The number of carboxylic acid groups (broad SMARTS) is 1. The van der Waals surface area contributed by atoms with Gasteiger partial charge in [-0.05, 0) is 31.7 Å².